The highest BCUT2D eigenvalue weighted by Crippen LogP contribution is 2.31. The van der Waals surface area contributed by atoms with Gasteiger partial charge in [0.25, 0.3) is 0 Å². The highest BCUT2D eigenvalue weighted by molar-refractivity contribution is 5.90. The molecule has 2 saturated heterocycles. The number of tetrazole rings is 1. The van der Waals surface area contributed by atoms with Crippen LogP contribution in [0.4, 0.5) is 20.6 Å². The van der Waals surface area contributed by atoms with Crippen LogP contribution < -0.4 is 15.1 Å². The minimum Gasteiger partial charge on any atom is -0.442 e. The molecular formula is C17H20FN7O3. The van der Waals surface area contributed by atoms with Gasteiger partial charge < -0.3 is 15.0 Å². The summed E-state index contributed by atoms with van der Waals surface area (Å²) in [4.78, 5) is 27.9. The molecule has 1 aromatic carbocycles. The molecule has 0 radical (unpaired) electrons. The molecule has 2 amide bonds. The van der Waals surface area contributed by atoms with E-state index >= 15 is 0 Å². The Morgan fingerprint density at radius 2 is 2.25 bits per heavy atom. The van der Waals surface area contributed by atoms with Gasteiger partial charge in [0.2, 0.25) is 5.91 Å². The van der Waals surface area contributed by atoms with E-state index in [1.807, 2.05) is 4.90 Å². The van der Waals surface area contributed by atoms with Crippen LogP contribution in [0.15, 0.2) is 24.5 Å². The van der Waals surface area contributed by atoms with Crippen molar-refractivity contribution < 1.29 is 18.7 Å². The normalized spacial score (nSPS) is 21.9. The lowest BCUT2D eigenvalue weighted by molar-refractivity contribution is -0.119. The molecule has 2 aromatic rings. The maximum absolute atomic E-state index is 14.8. The van der Waals surface area contributed by atoms with E-state index in [2.05, 4.69) is 20.7 Å². The van der Waals surface area contributed by atoms with Crippen LogP contribution in [-0.2, 0) is 9.53 Å². The molecule has 4 rings (SSSR count). The number of carbonyl (C=O) groups excluding carboxylic acids is 2. The summed E-state index contributed by atoms with van der Waals surface area (Å²) in [6.07, 6.45) is 1.15. The number of cyclic esters (lactones) is 1. The third kappa shape index (κ3) is 3.59. The van der Waals surface area contributed by atoms with Gasteiger partial charge in [-0.2, -0.15) is 4.80 Å². The Hall–Kier alpha value is -3.24. The maximum atomic E-state index is 14.8. The Labute approximate surface area is 160 Å². The molecule has 2 unspecified atom stereocenters. The first kappa shape index (κ1) is 18.1. The van der Waals surface area contributed by atoms with Gasteiger partial charge in [0.1, 0.15) is 11.9 Å². The third-order valence-electron chi connectivity index (χ3n) is 4.89. The van der Waals surface area contributed by atoms with E-state index in [1.54, 1.807) is 16.9 Å². The summed E-state index contributed by atoms with van der Waals surface area (Å²) < 4.78 is 20.0. The number of nitrogens with zero attached hydrogens (tertiary/aromatic N) is 6. The van der Waals surface area contributed by atoms with Gasteiger partial charge in [-0.1, -0.05) is 0 Å². The van der Waals surface area contributed by atoms with E-state index in [0.29, 0.717) is 24.5 Å². The van der Waals surface area contributed by atoms with E-state index in [4.69, 9.17) is 4.74 Å². The zero-order valence-corrected chi connectivity index (χ0v) is 15.3. The molecule has 11 heteroatoms. The van der Waals surface area contributed by atoms with Gasteiger partial charge in [0.15, 0.2) is 6.33 Å². The van der Waals surface area contributed by atoms with Crippen molar-refractivity contribution in [1.82, 2.24) is 25.5 Å². The Morgan fingerprint density at radius 1 is 1.39 bits per heavy atom. The third-order valence-corrected chi connectivity index (χ3v) is 4.89. The van der Waals surface area contributed by atoms with Gasteiger partial charge >= 0.3 is 6.09 Å². The second kappa shape index (κ2) is 7.41. The summed E-state index contributed by atoms with van der Waals surface area (Å²) in [5.41, 5.74) is 0.888. The summed E-state index contributed by atoms with van der Waals surface area (Å²) >= 11 is 0. The van der Waals surface area contributed by atoms with Gasteiger partial charge in [-0.25, -0.2) is 9.18 Å². The Kier molecular flexibility index (Phi) is 4.80. The molecule has 2 fully saturated rings. The number of anilines is 2. The first-order valence-corrected chi connectivity index (χ1v) is 9.01. The number of benzene rings is 1. The fraction of sp³-hybridized carbons (Fsp3) is 0.471. The van der Waals surface area contributed by atoms with Gasteiger partial charge in [-0.3, -0.25) is 9.69 Å². The predicted octanol–water partition coefficient (Wildman–Crippen LogP) is 0.725. The Bertz CT molecular complexity index is 876. The number of nitrogens with one attached hydrogen (secondary N) is 1. The molecule has 1 N–H and O–H groups in total. The van der Waals surface area contributed by atoms with Crippen molar-refractivity contribution in [3.8, 4) is 0 Å². The van der Waals surface area contributed by atoms with Crippen molar-refractivity contribution in [1.29, 1.82) is 0 Å². The van der Waals surface area contributed by atoms with Crippen molar-refractivity contribution in [2.45, 2.75) is 25.5 Å². The molecule has 0 spiro atoms. The van der Waals surface area contributed by atoms with Crippen LogP contribution in [0.2, 0.25) is 0 Å². The quantitative estimate of drug-likeness (QED) is 0.803. The molecule has 0 saturated carbocycles. The average molecular weight is 389 g/mol. The number of halogens is 1. The molecule has 1 aromatic heterocycles. The van der Waals surface area contributed by atoms with E-state index in [1.165, 1.54) is 24.2 Å². The maximum Gasteiger partial charge on any atom is 0.414 e. The van der Waals surface area contributed by atoms with Crippen LogP contribution >= 0.6 is 0 Å². The highest BCUT2D eigenvalue weighted by atomic mass is 19.1. The lowest BCUT2D eigenvalue weighted by Crippen LogP contribution is -2.33. The Morgan fingerprint density at radius 3 is 2.96 bits per heavy atom. The van der Waals surface area contributed by atoms with Gasteiger partial charge in [-0.05, 0) is 29.8 Å². The topological polar surface area (TPSA) is 105 Å². The molecular weight excluding hydrogens is 369 g/mol. The van der Waals surface area contributed by atoms with Crippen LogP contribution in [0.1, 0.15) is 19.4 Å². The van der Waals surface area contributed by atoms with Crippen molar-refractivity contribution in [2.24, 2.45) is 0 Å². The second-order valence-electron chi connectivity index (χ2n) is 6.83. The molecule has 148 valence electrons. The van der Waals surface area contributed by atoms with Gasteiger partial charge in [0.05, 0.1) is 30.5 Å². The Balaban J connectivity index is 1.43. The largest absolute Gasteiger partial charge is 0.442 e. The average Bonchev–Trinajstić information content (AvgIpc) is 3.40. The lowest BCUT2D eigenvalue weighted by Gasteiger charge is -2.21. The molecule has 10 nitrogen and oxygen atoms in total. The molecule has 0 bridgehead atoms. The first-order chi connectivity index (χ1) is 13.5. The summed E-state index contributed by atoms with van der Waals surface area (Å²) in [5, 5.41) is 14.3. The minimum absolute atomic E-state index is 0.0460. The number of amides is 2. The van der Waals surface area contributed by atoms with Crippen molar-refractivity contribution in [2.75, 3.05) is 36.0 Å². The number of hydrogen-bond acceptors (Lipinski definition) is 7. The first-order valence-electron chi connectivity index (χ1n) is 9.01. The molecule has 2 aliphatic heterocycles. The fourth-order valence-electron chi connectivity index (χ4n) is 3.51. The lowest BCUT2D eigenvalue weighted by atomic mass is 10.2. The molecule has 2 atom stereocenters. The fourth-order valence-corrected chi connectivity index (χ4v) is 3.51. The summed E-state index contributed by atoms with van der Waals surface area (Å²) in [6.45, 7) is 3.12. The summed E-state index contributed by atoms with van der Waals surface area (Å²) in [7, 11) is 0. The van der Waals surface area contributed by atoms with Gasteiger partial charge in [0, 0.05) is 20.0 Å². The number of hydrogen-bond donors (Lipinski definition) is 1. The molecule has 2 aliphatic rings. The van der Waals surface area contributed by atoms with E-state index in [9.17, 15) is 14.0 Å². The van der Waals surface area contributed by atoms with Crippen LogP contribution in [0, 0.1) is 5.82 Å². The minimum atomic E-state index is -0.555. The van der Waals surface area contributed by atoms with Crippen LogP contribution in [0.5, 0.6) is 0 Å². The second-order valence-corrected chi connectivity index (χ2v) is 6.83. The van der Waals surface area contributed by atoms with Gasteiger partial charge in [-0.15, -0.1) is 10.2 Å². The van der Waals surface area contributed by atoms with E-state index < -0.39 is 18.0 Å². The highest BCUT2D eigenvalue weighted by Gasteiger charge is 2.33. The van der Waals surface area contributed by atoms with Crippen molar-refractivity contribution >= 4 is 23.4 Å². The van der Waals surface area contributed by atoms with Crippen LogP contribution in [-0.4, -0.2) is 64.5 Å². The van der Waals surface area contributed by atoms with Crippen LogP contribution in [0.25, 0.3) is 0 Å². The summed E-state index contributed by atoms with van der Waals surface area (Å²) in [5.74, 6) is -0.613. The zero-order chi connectivity index (χ0) is 19.7. The van der Waals surface area contributed by atoms with E-state index in [0.717, 1.165) is 6.42 Å². The van der Waals surface area contributed by atoms with Crippen molar-refractivity contribution in [3.63, 3.8) is 0 Å². The number of rotatable bonds is 5. The standard InChI is InChI=1S/C17H20FN7O3/c1-11(26)19-7-14-9-24(17(27)28-14)12-2-3-16(15(18)6-12)23-5-4-13(8-23)25-21-10-20-22-25/h2-3,6,10,13-14H,4-5,7-9H2,1H3,(H,19,26). The zero-order valence-electron chi connectivity index (χ0n) is 15.3. The molecule has 3 heterocycles. The van der Waals surface area contributed by atoms with E-state index in [-0.39, 0.29) is 25.0 Å². The smallest absolute Gasteiger partial charge is 0.414 e. The monoisotopic (exact) mass is 389 g/mol. The van der Waals surface area contributed by atoms with Crippen LogP contribution in [0.3, 0.4) is 0 Å². The number of aromatic nitrogens is 4. The molecule has 0 aliphatic carbocycles. The SMILES string of the molecule is CC(=O)NCC1CN(c2ccc(N3CCC(n4ncnn4)C3)c(F)c2)C(=O)O1. The number of carbonyl (C=O) groups is 2. The molecule has 28 heavy (non-hydrogen) atoms. The predicted molar refractivity (Wildman–Crippen MR) is 96.4 cm³/mol. The number of ether oxygens (including phenoxy) is 1. The summed E-state index contributed by atoms with van der Waals surface area (Å²) in [6, 6.07) is 4.74. The van der Waals surface area contributed by atoms with Crippen molar-refractivity contribution in [3.05, 3.63) is 30.3 Å².